The topological polar surface area (TPSA) is 103 Å². The monoisotopic (exact) mass is 398 g/mol. The van der Waals surface area contributed by atoms with Gasteiger partial charge >= 0.3 is 0 Å². The Balaban J connectivity index is 1.55. The second-order valence-corrected chi connectivity index (χ2v) is 6.56. The van der Waals surface area contributed by atoms with E-state index in [1.54, 1.807) is 37.8 Å². The number of nitrogens with one attached hydrogen (secondary N) is 1. The summed E-state index contributed by atoms with van der Waals surface area (Å²) in [6.07, 6.45) is 6.42. The number of pyridine rings is 1. The summed E-state index contributed by atoms with van der Waals surface area (Å²) in [6, 6.07) is 14.2. The lowest BCUT2D eigenvalue weighted by atomic mass is 10.0. The van der Waals surface area contributed by atoms with Crippen LogP contribution in [0.3, 0.4) is 0 Å². The maximum absolute atomic E-state index is 12.7. The van der Waals surface area contributed by atoms with Gasteiger partial charge in [0, 0.05) is 42.8 Å². The molecule has 30 heavy (non-hydrogen) atoms. The smallest absolute Gasteiger partial charge is 0.255 e. The van der Waals surface area contributed by atoms with Gasteiger partial charge in [0.05, 0.1) is 17.9 Å². The molecule has 0 aliphatic carbocycles. The van der Waals surface area contributed by atoms with Gasteiger partial charge in [-0.2, -0.15) is 0 Å². The zero-order chi connectivity index (χ0) is 20.9. The number of ketones is 1. The molecule has 4 aromatic rings. The molecule has 0 bridgehead atoms. The molecular formula is C22H18N6O2. The third kappa shape index (κ3) is 4.12. The Labute approximate surface area is 172 Å². The molecular weight excluding hydrogens is 380 g/mol. The van der Waals surface area contributed by atoms with E-state index >= 15 is 0 Å². The van der Waals surface area contributed by atoms with Crippen LogP contribution in [0, 0.1) is 0 Å². The molecule has 0 saturated heterocycles. The third-order valence-corrected chi connectivity index (χ3v) is 4.57. The molecule has 0 atom stereocenters. The van der Waals surface area contributed by atoms with Gasteiger partial charge in [0.25, 0.3) is 5.56 Å². The number of nitrogens with zero attached hydrogens (tertiary/aromatic N) is 5. The lowest BCUT2D eigenvalue weighted by Crippen LogP contribution is -2.24. The minimum absolute atomic E-state index is 0.00992. The van der Waals surface area contributed by atoms with Gasteiger partial charge in [0.15, 0.2) is 5.78 Å². The number of aromatic nitrogens is 5. The van der Waals surface area contributed by atoms with Crippen LogP contribution in [0.2, 0.25) is 0 Å². The molecule has 3 heterocycles. The normalized spacial score (nSPS) is 10.6. The largest absolute Gasteiger partial charge is 0.348 e. The van der Waals surface area contributed by atoms with E-state index in [4.69, 9.17) is 0 Å². The van der Waals surface area contributed by atoms with Gasteiger partial charge in [-0.1, -0.05) is 24.3 Å². The zero-order valence-corrected chi connectivity index (χ0v) is 16.2. The van der Waals surface area contributed by atoms with Crippen LogP contribution in [-0.4, -0.2) is 36.8 Å². The van der Waals surface area contributed by atoms with Crippen LogP contribution in [0.25, 0.3) is 22.5 Å². The lowest BCUT2D eigenvalue weighted by Gasteiger charge is -2.11. The molecule has 148 valence electrons. The fourth-order valence-corrected chi connectivity index (χ4v) is 2.94. The Bertz CT molecular complexity index is 1240. The minimum atomic E-state index is -0.257. The summed E-state index contributed by atoms with van der Waals surface area (Å²) in [5.74, 6) is 0.162. The maximum Gasteiger partial charge on any atom is 0.255 e. The number of hydrogen-bond donors (Lipinski definition) is 1. The molecule has 3 aromatic heterocycles. The van der Waals surface area contributed by atoms with Crippen LogP contribution >= 0.6 is 0 Å². The fourth-order valence-electron chi connectivity index (χ4n) is 2.94. The highest BCUT2D eigenvalue weighted by atomic mass is 16.1. The van der Waals surface area contributed by atoms with Crippen molar-refractivity contribution in [3.63, 3.8) is 0 Å². The molecule has 0 unspecified atom stereocenters. The van der Waals surface area contributed by atoms with Crippen molar-refractivity contribution < 1.29 is 4.79 Å². The van der Waals surface area contributed by atoms with E-state index < -0.39 is 0 Å². The summed E-state index contributed by atoms with van der Waals surface area (Å²) in [4.78, 5) is 41.6. The predicted octanol–water partition coefficient (Wildman–Crippen LogP) is 2.59. The van der Waals surface area contributed by atoms with Crippen LogP contribution in [0.1, 0.15) is 10.4 Å². The van der Waals surface area contributed by atoms with E-state index in [0.29, 0.717) is 17.0 Å². The average molecular weight is 398 g/mol. The highest BCUT2D eigenvalue weighted by molar-refractivity contribution is 5.99. The Kier molecular flexibility index (Phi) is 5.38. The van der Waals surface area contributed by atoms with Gasteiger partial charge in [-0.25, -0.2) is 15.0 Å². The van der Waals surface area contributed by atoms with E-state index in [1.807, 2.05) is 30.3 Å². The number of carbonyl (C=O) groups excluding carboxylic acids is 1. The number of rotatable bonds is 6. The zero-order valence-electron chi connectivity index (χ0n) is 16.2. The molecule has 0 radical (unpaired) electrons. The predicted molar refractivity (Wildman–Crippen MR) is 113 cm³/mol. The van der Waals surface area contributed by atoms with Gasteiger partial charge in [-0.15, -0.1) is 0 Å². The third-order valence-electron chi connectivity index (χ3n) is 4.57. The van der Waals surface area contributed by atoms with Crippen LogP contribution < -0.4 is 10.9 Å². The second kappa shape index (κ2) is 8.44. The number of benzene rings is 1. The first kappa shape index (κ1) is 19.1. The Morgan fingerprint density at radius 3 is 2.63 bits per heavy atom. The standard InChI is InChI=1S/C22H18N6O2/c1-28-21(30)11-19(18-7-9-24-14-26-18)27-22(28)25-13-20(29)16-5-2-4-15(10-16)17-6-3-8-23-12-17/h2-12,14H,13H2,1H3,(H,25,27). The summed E-state index contributed by atoms with van der Waals surface area (Å²) in [5, 5.41) is 2.97. The molecule has 0 spiro atoms. The molecule has 8 heteroatoms. The minimum Gasteiger partial charge on any atom is -0.348 e. The van der Waals surface area contributed by atoms with E-state index in [1.165, 1.54) is 17.0 Å². The van der Waals surface area contributed by atoms with Gasteiger partial charge < -0.3 is 5.32 Å². The van der Waals surface area contributed by atoms with Crippen molar-refractivity contribution in [3.8, 4) is 22.5 Å². The molecule has 0 saturated carbocycles. The molecule has 4 rings (SSSR count). The van der Waals surface area contributed by atoms with Crippen molar-refractivity contribution in [1.82, 2.24) is 24.5 Å². The molecule has 0 amide bonds. The molecule has 0 aliphatic heterocycles. The summed E-state index contributed by atoms with van der Waals surface area (Å²) < 4.78 is 1.35. The summed E-state index contributed by atoms with van der Waals surface area (Å²) in [5.41, 5.74) is 3.08. The van der Waals surface area contributed by atoms with Crippen molar-refractivity contribution in [2.45, 2.75) is 0 Å². The highest BCUT2D eigenvalue weighted by Gasteiger charge is 2.12. The van der Waals surface area contributed by atoms with Crippen molar-refractivity contribution in [2.75, 3.05) is 11.9 Å². The molecule has 0 fully saturated rings. The van der Waals surface area contributed by atoms with E-state index in [0.717, 1.165) is 11.1 Å². The molecule has 1 aromatic carbocycles. The number of hydrogen-bond acceptors (Lipinski definition) is 7. The van der Waals surface area contributed by atoms with Crippen molar-refractivity contribution >= 4 is 11.7 Å². The average Bonchev–Trinajstić information content (AvgIpc) is 2.81. The van der Waals surface area contributed by atoms with E-state index in [-0.39, 0.29) is 23.8 Å². The van der Waals surface area contributed by atoms with Crippen molar-refractivity contribution in [3.05, 3.63) is 89.4 Å². The SMILES string of the molecule is Cn1c(NCC(=O)c2cccc(-c3cccnc3)c2)nc(-c2ccncn2)cc1=O. The molecule has 8 nitrogen and oxygen atoms in total. The summed E-state index contributed by atoms with van der Waals surface area (Å²) in [6.45, 7) is -0.00992. The number of Topliss-reactive ketones (excluding diaryl/α,β-unsaturated/α-hetero) is 1. The fraction of sp³-hybridized carbons (Fsp3) is 0.0909. The first-order chi connectivity index (χ1) is 14.6. The van der Waals surface area contributed by atoms with Crippen molar-refractivity contribution in [2.24, 2.45) is 7.05 Å². The van der Waals surface area contributed by atoms with Gasteiger partial charge in [0.2, 0.25) is 5.95 Å². The van der Waals surface area contributed by atoms with E-state index in [9.17, 15) is 9.59 Å². The first-order valence-corrected chi connectivity index (χ1v) is 9.24. The summed E-state index contributed by atoms with van der Waals surface area (Å²) >= 11 is 0. The number of anilines is 1. The van der Waals surface area contributed by atoms with Crippen LogP contribution in [0.4, 0.5) is 5.95 Å². The van der Waals surface area contributed by atoms with Crippen LogP contribution in [-0.2, 0) is 7.05 Å². The highest BCUT2D eigenvalue weighted by Crippen LogP contribution is 2.19. The van der Waals surface area contributed by atoms with Gasteiger partial charge in [-0.05, 0) is 23.8 Å². The summed E-state index contributed by atoms with van der Waals surface area (Å²) in [7, 11) is 1.59. The van der Waals surface area contributed by atoms with E-state index in [2.05, 4.69) is 25.3 Å². The van der Waals surface area contributed by atoms with Crippen LogP contribution in [0.15, 0.2) is 78.2 Å². The Morgan fingerprint density at radius 2 is 1.87 bits per heavy atom. The van der Waals surface area contributed by atoms with Crippen molar-refractivity contribution in [1.29, 1.82) is 0 Å². The first-order valence-electron chi connectivity index (χ1n) is 9.24. The quantitative estimate of drug-likeness (QED) is 0.498. The van der Waals surface area contributed by atoms with Crippen LogP contribution in [0.5, 0.6) is 0 Å². The maximum atomic E-state index is 12.7. The molecule has 1 N–H and O–H groups in total. The van der Waals surface area contributed by atoms with Gasteiger partial charge in [-0.3, -0.25) is 19.1 Å². The Morgan fingerprint density at radius 1 is 1.00 bits per heavy atom. The lowest BCUT2D eigenvalue weighted by molar-refractivity contribution is 0.101. The Hall–Kier alpha value is -4.20. The molecule has 0 aliphatic rings. The van der Waals surface area contributed by atoms with Gasteiger partial charge in [0.1, 0.15) is 6.33 Å². The second-order valence-electron chi connectivity index (χ2n) is 6.56. The number of carbonyl (C=O) groups is 1.